The molecule has 0 aromatic carbocycles. The topological polar surface area (TPSA) is 52.6 Å². The van der Waals surface area contributed by atoms with Crippen LogP contribution in [0.2, 0.25) is 0 Å². The highest BCUT2D eigenvalue weighted by Crippen LogP contribution is 1.89. The van der Waals surface area contributed by atoms with E-state index >= 15 is 0 Å². The third-order valence-electron chi connectivity index (χ3n) is 1.30. The Balaban J connectivity index is 3.61. The molecule has 13 heavy (non-hydrogen) atoms. The summed E-state index contributed by atoms with van der Waals surface area (Å²) in [6.45, 7) is 2.40. The average Bonchev–Trinajstić information content (AvgIpc) is 2.14. The number of hydrogen-bond donors (Lipinski definition) is 0. The van der Waals surface area contributed by atoms with Gasteiger partial charge in [-0.25, -0.2) is 9.59 Å². The first-order valence-electron chi connectivity index (χ1n) is 4.13. The molecule has 0 saturated heterocycles. The summed E-state index contributed by atoms with van der Waals surface area (Å²) < 4.78 is 9.19. The van der Waals surface area contributed by atoms with Gasteiger partial charge < -0.3 is 9.16 Å². The Hall–Kier alpha value is -1.10. The summed E-state index contributed by atoms with van der Waals surface area (Å²) in [5, 5.41) is 0. The lowest BCUT2D eigenvalue weighted by atomic mass is 10.4. The Bertz CT molecular complexity index is 200. The molecule has 0 aromatic rings. The molecular weight excluding hydrogens is 188 g/mol. The van der Waals surface area contributed by atoms with E-state index in [1.54, 1.807) is 0 Å². The second-order valence-electron chi connectivity index (χ2n) is 2.38. The molecule has 0 N–H and O–H groups in total. The van der Waals surface area contributed by atoms with Crippen molar-refractivity contribution in [2.24, 2.45) is 0 Å². The first-order valence-corrected chi connectivity index (χ1v) is 4.95. The number of unbranched alkanes of at least 4 members (excludes halogenated alkanes) is 1. The van der Waals surface area contributed by atoms with Crippen molar-refractivity contribution in [3.8, 4) is 0 Å². The Morgan fingerprint density at radius 2 is 1.92 bits per heavy atom. The maximum absolute atomic E-state index is 10.8. The molecule has 0 unspecified atom stereocenters. The third kappa shape index (κ3) is 7.26. The summed E-state index contributed by atoms with van der Waals surface area (Å²) in [6.07, 6.45) is 3.96. The Labute approximate surface area is 80.4 Å². The normalized spacial score (nSPS) is 10.2. The molecule has 0 atom stereocenters. The van der Waals surface area contributed by atoms with Gasteiger partial charge >= 0.3 is 11.9 Å². The van der Waals surface area contributed by atoms with Gasteiger partial charge in [0, 0.05) is 12.2 Å². The Kier molecular flexibility index (Phi) is 6.90. The summed E-state index contributed by atoms with van der Waals surface area (Å²) in [4.78, 5) is 21.4. The van der Waals surface area contributed by atoms with Crippen molar-refractivity contribution in [1.82, 2.24) is 0 Å². The van der Waals surface area contributed by atoms with Crippen molar-refractivity contribution >= 4 is 22.4 Å². The molecule has 0 saturated carbocycles. The zero-order chi connectivity index (χ0) is 10.1. The maximum atomic E-state index is 10.8. The van der Waals surface area contributed by atoms with E-state index in [2.05, 4.69) is 4.43 Å². The van der Waals surface area contributed by atoms with Gasteiger partial charge in [-0.1, -0.05) is 13.3 Å². The second kappa shape index (κ2) is 7.54. The first kappa shape index (κ1) is 11.9. The molecule has 0 spiro atoms. The van der Waals surface area contributed by atoms with E-state index in [1.165, 1.54) is 0 Å². The maximum Gasteiger partial charge on any atom is 0.331 e. The van der Waals surface area contributed by atoms with Crippen molar-refractivity contribution < 1.29 is 18.8 Å². The van der Waals surface area contributed by atoms with Gasteiger partial charge in [0.15, 0.2) is 0 Å². The monoisotopic (exact) mass is 202 g/mol. The van der Waals surface area contributed by atoms with Crippen LogP contribution in [-0.2, 0) is 18.8 Å². The highest BCUT2D eigenvalue weighted by molar-refractivity contribution is 6.08. The summed E-state index contributed by atoms with van der Waals surface area (Å²) >= 11 is 0. The van der Waals surface area contributed by atoms with Crippen LogP contribution in [-0.4, -0.2) is 29.0 Å². The van der Waals surface area contributed by atoms with Crippen molar-refractivity contribution in [3.05, 3.63) is 12.2 Å². The van der Waals surface area contributed by atoms with Crippen molar-refractivity contribution in [1.29, 1.82) is 0 Å². The number of ether oxygens (including phenoxy) is 1. The van der Waals surface area contributed by atoms with Crippen LogP contribution < -0.4 is 0 Å². The highest BCUT2D eigenvalue weighted by Gasteiger charge is 1.97. The summed E-state index contributed by atoms with van der Waals surface area (Å²) in [7, 11) is 0.333. The van der Waals surface area contributed by atoms with E-state index in [4.69, 9.17) is 4.74 Å². The largest absolute Gasteiger partial charge is 0.526 e. The lowest BCUT2D eigenvalue weighted by Crippen LogP contribution is -2.04. The Morgan fingerprint density at radius 3 is 2.46 bits per heavy atom. The molecule has 0 radical (unpaired) electrons. The van der Waals surface area contributed by atoms with E-state index in [1.807, 2.05) is 6.92 Å². The van der Waals surface area contributed by atoms with Gasteiger partial charge in [-0.05, 0) is 6.42 Å². The third-order valence-corrected chi connectivity index (χ3v) is 1.70. The molecule has 4 nitrogen and oxygen atoms in total. The molecule has 0 rings (SSSR count). The van der Waals surface area contributed by atoms with Gasteiger partial charge in [-0.15, -0.1) is 0 Å². The van der Waals surface area contributed by atoms with Crippen LogP contribution in [0.1, 0.15) is 19.8 Å². The van der Waals surface area contributed by atoms with E-state index in [0.717, 1.165) is 25.0 Å². The number of esters is 1. The number of rotatable bonds is 5. The zero-order valence-electron chi connectivity index (χ0n) is 7.91. The molecular formula is C8H14O4Si. The zero-order valence-corrected chi connectivity index (χ0v) is 9.91. The van der Waals surface area contributed by atoms with Crippen LogP contribution in [0.25, 0.3) is 0 Å². The number of hydrogen-bond acceptors (Lipinski definition) is 4. The van der Waals surface area contributed by atoms with Gasteiger partial charge in [-0.3, -0.25) is 0 Å². The fourth-order valence-electron chi connectivity index (χ4n) is 0.569. The van der Waals surface area contributed by atoms with E-state index < -0.39 is 11.9 Å². The van der Waals surface area contributed by atoms with Crippen molar-refractivity contribution in [3.63, 3.8) is 0 Å². The molecule has 0 heterocycles. The molecule has 5 heteroatoms. The van der Waals surface area contributed by atoms with E-state index in [0.29, 0.717) is 17.1 Å². The minimum absolute atomic E-state index is 0.333. The van der Waals surface area contributed by atoms with Gasteiger partial charge in [0.2, 0.25) is 10.5 Å². The second-order valence-corrected chi connectivity index (χ2v) is 2.79. The lowest BCUT2D eigenvalue weighted by molar-refractivity contribution is -0.138. The van der Waals surface area contributed by atoms with E-state index in [-0.39, 0.29) is 0 Å². The smallest absolute Gasteiger partial charge is 0.331 e. The van der Waals surface area contributed by atoms with Crippen LogP contribution >= 0.6 is 0 Å². The lowest BCUT2D eigenvalue weighted by Gasteiger charge is -1.98. The molecule has 0 bridgehead atoms. The standard InChI is InChI=1S/C8H14O4Si/c1-2-3-6-11-7(9)4-5-8(10)12-13/h4-5H,2-3,6H2,1,13H3/b5-4-. The molecule has 0 aliphatic carbocycles. The van der Waals surface area contributed by atoms with Crippen molar-refractivity contribution in [2.45, 2.75) is 19.8 Å². The van der Waals surface area contributed by atoms with Crippen LogP contribution in [0, 0.1) is 0 Å². The van der Waals surface area contributed by atoms with Crippen LogP contribution in [0.4, 0.5) is 0 Å². The molecule has 0 amide bonds. The number of carbonyl (C=O) groups is 2. The Morgan fingerprint density at radius 1 is 1.31 bits per heavy atom. The predicted octanol–water partition coefficient (Wildman–Crippen LogP) is -0.291. The molecule has 0 aliphatic rings. The van der Waals surface area contributed by atoms with E-state index in [9.17, 15) is 9.59 Å². The van der Waals surface area contributed by atoms with Gasteiger partial charge in [0.05, 0.1) is 6.61 Å². The fraction of sp³-hybridized carbons (Fsp3) is 0.500. The summed E-state index contributed by atoms with van der Waals surface area (Å²) in [5.41, 5.74) is 0. The molecule has 74 valence electrons. The highest BCUT2D eigenvalue weighted by atomic mass is 28.2. The average molecular weight is 202 g/mol. The predicted molar refractivity (Wildman–Crippen MR) is 51.0 cm³/mol. The molecule has 0 aliphatic heterocycles. The quantitative estimate of drug-likeness (QED) is 0.266. The summed E-state index contributed by atoms with van der Waals surface area (Å²) in [5.74, 6) is -1.00. The van der Waals surface area contributed by atoms with Crippen LogP contribution in [0.3, 0.4) is 0 Å². The summed E-state index contributed by atoms with van der Waals surface area (Å²) in [6, 6.07) is 0. The van der Waals surface area contributed by atoms with Gasteiger partial charge in [0.1, 0.15) is 0 Å². The molecule has 0 aromatic heterocycles. The van der Waals surface area contributed by atoms with Crippen LogP contribution in [0.15, 0.2) is 12.2 Å². The minimum Gasteiger partial charge on any atom is -0.526 e. The van der Waals surface area contributed by atoms with Gasteiger partial charge in [-0.2, -0.15) is 0 Å². The van der Waals surface area contributed by atoms with Crippen molar-refractivity contribution in [2.75, 3.05) is 6.61 Å². The minimum atomic E-state index is -0.501. The van der Waals surface area contributed by atoms with Gasteiger partial charge in [0.25, 0.3) is 0 Å². The first-order chi connectivity index (χ1) is 6.20. The molecule has 0 fully saturated rings. The fourth-order valence-corrected chi connectivity index (χ4v) is 0.705. The number of carbonyl (C=O) groups excluding carboxylic acids is 2. The van der Waals surface area contributed by atoms with Crippen LogP contribution in [0.5, 0.6) is 0 Å². The SMILES string of the molecule is CCCCOC(=O)/C=C\C(=O)O[SiH3].